The summed E-state index contributed by atoms with van der Waals surface area (Å²) in [7, 11) is 0. The number of hydrogen-bond donors (Lipinski definition) is 8. The zero-order valence-corrected chi connectivity index (χ0v) is 30.1. The second-order valence-electron chi connectivity index (χ2n) is 14.1. The highest BCUT2D eigenvalue weighted by Crippen LogP contribution is 2.20. The van der Waals surface area contributed by atoms with E-state index < -0.39 is 46.8 Å². The van der Waals surface area contributed by atoms with Crippen molar-refractivity contribution in [3.63, 3.8) is 0 Å². The van der Waals surface area contributed by atoms with Crippen LogP contribution in [-0.4, -0.2) is 68.0 Å². The predicted molar refractivity (Wildman–Crippen MR) is 194 cm³/mol. The summed E-state index contributed by atoms with van der Waals surface area (Å²) < 4.78 is 0. The van der Waals surface area contributed by atoms with E-state index in [1.54, 1.807) is 36.4 Å². The first-order valence-corrected chi connectivity index (χ1v) is 16.9. The lowest BCUT2D eigenvalue weighted by atomic mass is 9.91. The molecule has 0 bridgehead atoms. The van der Waals surface area contributed by atoms with Crippen LogP contribution in [-0.2, 0) is 30.4 Å². The molecule has 3 atom stereocenters. The molecule has 16 heteroatoms. The number of benzene rings is 2. The number of rotatable bonds is 21. The summed E-state index contributed by atoms with van der Waals surface area (Å²) in [4.78, 5) is 72.6. The summed E-state index contributed by atoms with van der Waals surface area (Å²) >= 11 is 0. The molecule has 0 heterocycles. The Balaban J connectivity index is 1.97. The molecule has 2 aromatic carbocycles. The quantitative estimate of drug-likeness (QED) is 0.0390. The third-order valence-corrected chi connectivity index (χ3v) is 7.51. The zero-order chi connectivity index (χ0) is 39.0. The molecular weight excluding hydrogens is 676 g/mol. The smallest absolute Gasteiger partial charge is 0.326 e. The molecule has 0 spiro atoms. The average molecular weight is 727 g/mol. The van der Waals surface area contributed by atoms with Crippen LogP contribution in [0.15, 0.2) is 60.6 Å². The SMILES string of the molecule is CC(C)CC(NC(=O)Cc1ccc(N/C(=C\[N+](=O)[O-])Nc2ccc(O)cc2)cc1)C(=O)NC(CCCCC(NC(=O)CC(C)(C)C)C(=O)O)C(=O)O. The largest absolute Gasteiger partial charge is 0.508 e. The Hall–Kier alpha value is -5.67. The summed E-state index contributed by atoms with van der Waals surface area (Å²) in [5, 5.41) is 53.4. The topological polar surface area (TPSA) is 249 Å². The van der Waals surface area contributed by atoms with Gasteiger partial charge in [0.25, 0.3) is 6.20 Å². The third-order valence-electron chi connectivity index (χ3n) is 7.51. The first-order valence-electron chi connectivity index (χ1n) is 16.9. The molecule has 3 amide bonds. The van der Waals surface area contributed by atoms with Crippen LogP contribution in [0.5, 0.6) is 5.75 Å². The van der Waals surface area contributed by atoms with Gasteiger partial charge in [-0.25, -0.2) is 9.59 Å². The van der Waals surface area contributed by atoms with E-state index in [1.165, 1.54) is 12.1 Å². The average Bonchev–Trinajstić information content (AvgIpc) is 3.01. The maximum absolute atomic E-state index is 13.2. The molecule has 0 aromatic heterocycles. The van der Waals surface area contributed by atoms with Gasteiger partial charge in [-0.05, 0) is 72.6 Å². The highest BCUT2D eigenvalue weighted by atomic mass is 16.6. The van der Waals surface area contributed by atoms with Gasteiger partial charge in [0.05, 0.1) is 11.3 Å². The minimum Gasteiger partial charge on any atom is -0.508 e. The van der Waals surface area contributed by atoms with Gasteiger partial charge < -0.3 is 41.9 Å². The van der Waals surface area contributed by atoms with Gasteiger partial charge in [0.15, 0.2) is 5.82 Å². The van der Waals surface area contributed by atoms with E-state index in [0.717, 1.165) is 6.20 Å². The summed E-state index contributed by atoms with van der Waals surface area (Å²) in [6, 6.07) is 9.00. The Kier molecular flexibility index (Phi) is 16.5. The molecule has 52 heavy (non-hydrogen) atoms. The molecule has 0 aliphatic rings. The number of aromatic hydroxyl groups is 1. The summed E-state index contributed by atoms with van der Waals surface area (Å²) in [5.74, 6) is -3.95. The van der Waals surface area contributed by atoms with Gasteiger partial charge in [0.1, 0.15) is 23.9 Å². The predicted octanol–water partition coefficient (Wildman–Crippen LogP) is 4.20. The lowest BCUT2D eigenvalue weighted by Crippen LogP contribution is -2.52. The van der Waals surface area contributed by atoms with Crippen molar-refractivity contribution in [3.8, 4) is 5.75 Å². The monoisotopic (exact) mass is 726 g/mol. The van der Waals surface area contributed by atoms with Crippen molar-refractivity contribution < 1.29 is 44.2 Å². The van der Waals surface area contributed by atoms with Crippen LogP contribution >= 0.6 is 0 Å². The Morgan fingerprint density at radius 1 is 0.769 bits per heavy atom. The standard InChI is InChI=1S/C36H50N6O10/c1-22(2)18-29(33(46)41-28(35(49)50)9-7-6-8-27(34(47)48)39-32(45)20-36(3,4)5)40-31(44)19-23-10-12-24(13-11-23)37-30(21-42(51)52)38-25-14-16-26(43)17-15-25/h10-17,21-22,27-29,37-38,43H,6-9,18-20H2,1-5H3,(H,39,45)(H,40,44)(H,41,46)(H,47,48)(H,49,50)/b30-21+. The Labute approximate surface area is 302 Å². The molecule has 0 aliphatic heterocycles. The molecule has 3 unspecified atom stereocenters. The number of nitrogens with zero attached hydrogens (tertiary/aromatic N) is 1. The van der Waals surface area contributed by atoms with Crippen molar-refractivity contribution in [2.45, 2.75) is 97.7 Å². The summed E-state index contributed by atoms with van der Waals surface area (Å²) in [5.41, 5.74) is 1.22. The zero-order valence-electron chi connectivity index (χ0n) is 30.1. The van der Waals surface area contributed by atoms with Crippen LogP contribution in [0.4, 0.5) is 11.4 Å². The number of carbonyl (C=O) groups excluding carboxylic acids is 3. The van der Waals surface area contributed by atoms with E-state index in [2.05, 4.69) is 26.6 Å². The van der Waals surface area contributed by atoms with E-state index in [-0.39, 0.29) is 73.8 Å². The number of amides is 3. The van der Waals surface area contributed by atoms with Crippen LogP contribution in [0.1, 0.15) is 78.7 Å². The molecule has 8 N–H and O–H groups in total. The Morgan fingerprint density at radius 3 is 1.71 bits per heavy atom. The van der Waals surface area contributed by atoms with Crippen molar-refractivity contribution in [2.24, 2.45) is 11.3 Å². The number of aliphatic carboxylic acids is 2. The van der Waals surface area contributed by atoms with E-state index >= 15 is 0 Å². The van der Waals surface area contributed by atoms with Crippen molar-refractivity contribution in [1.82, 2.24) is 16.0 Å². The van der Waals surface area contributed by atoms with Crippen LogP contribution in [0, 0.1) is 21.4 Å². The van der Waals surface area contributed by atoms with Crippen molar-refractivity contribution in [1.29, 1.82) is 0 Å². The Bertz CT molecular complexity index is 1570. The van der Waals surface area contributed by atoms with Gasteiger partial charge in [-0.2, -0.15) is 0 Å². The highest BCUT2D eigenvalue weighted by molar-refractivity contribution is 5.91. The number of anilines is 2. The molecule has 0 fully saturated rings. The number of phenolic OH excluding ortho intramolecular Hbond substituents is 1. The summed E-state index contributed by atoms with van der Waals surface area (Å²) in [6.45, 7) is 9.28. The number of phenols is 1. The van der Waals surface area contributed by atoms with Crippen LogP contribution < -0.4 is 26.6 Å². The normalized spacial score (nSPS) is 13.3. The minimum absolute atomic E-state index is 0.00903. The molecule has 0 aliphatic carbocycles. The number of nitro groups is 1. The van der Waals surface area contributed by atoms with Crippen molar-refractivity contribution >= 4 is 41.0 Å². The third kappa shape index (κ3) is 16.8. The second-order valence-corrected chi connectivity index (χ2v) is 14.1. The Morgan fingerprint density at radius 2 is 1.25 bits per heavy atom. The van der Waals surface area contributed by atoms with Gasteiger partial charge in [0, 0.05) is 17.8 Å². The number of carbonyl (C=O) groups is 5. The maximum atomic E-state index is 13.2. The van der Waals surface area contributed by atoms with E-state index in [1.807, 2.05) is 34.6 Å². The summed E-state index contributed by atoms with van der Waals surface area (Å²) in [6.07, 6.45) is 1.67. The maximum Gasteiger partial charge on any atom is 0.326 e. The lowest BCUT2D eigenvalue weighted by Gasteiger charge is -2.23. The molecule has 2 aromatic rings. The first kappa shape index (κ1) is 42.5. The van der Waals surface area contributed by atoms with Crippen LogP contribution in [0.3, 0.4) is 0 Å². The highest BCUT2D eigenvalue weighted by Gasteiger charge is 2.28. The van der Waals surface area contributed by atoms with E-state index in [4.69, 9.17) is 0 Å². The number of unbranched alkanes of at least 4 members (excludes halogenated alkanes) is 1. The molecule has 2 rings (SSSR count). The van der Waals surface area contributed by atoms with Gasteiger partial charge in [-0.1, -0.05) is 59.6 Å². The molecule has 0 saturated carbocycles. The molecule has 0 radical (unpaired) electrons. The second kappa shape index (κ2) is 20.2. The number of carboxylic acids is 2. The number of hydrogen-bond acceptors (Lipinski definition) is 10. The fourth-order valence-corrected chi connectivity index (χ4v) is 5.11. The molecule has 16 nitrogen and oxygen atoms in total. The fourth-order valence-electron chi connectivity index (χ4n) is 5.11. The minimum atomic E-state index is -1.28. The lowest BCUT2D eigenvalue weighted by molar-refractivity contribution is -0.403. The molecule has 0 saturated heterocycles. The number of nitrogens with one attached hydrogen (secondary N) is 5. The van der Waals surface area contributed by atoms with E-state index in [0.29, 0.717) is 16.9 Å². The fraction of sp³-hybridized carbons (Fsp3) is 0.472. The first-order chi connectivity index (χ1) is 24.3. The molecule has 284 valence electrons. The van der Waals surface area contributed by atoms with Crippen molar-refractivity contribution in [2.75, 3.05) is 10.6 Å². The van der Waals surface area contributed by atoms with Gasteiger partial charge in [-0.15, -0.1) is 0 Å². The van der Waals surface area contributed by atoms with Gasteiger partial charge >= 0.3 is 11.9 Å². The van der Waals surface area contributed by atoms with E-state index in [9.17, 15) is 49.4 Å². The number of carboxylic acid groups (broad SMARTS) is 2. The van der Waals surface area contributed by atoms with Gasteiger partial charge in [0.2, 0.25) is 17.7 Å². The molecular formula is C36H50N6O10. The van der Waals surface area contributed by atoms with Crippen LogP contribution in [0.2, 0.25) is 0 Å². The van der Waals surface area contributed by atoms with Crippen LogP contribution in [0.25, 0.3) is 0 Å². The van der Waals surface area contributed by atoms with Gasteiger partial charge in [-0.3, -0.25) is 24.5 Å². The van der Waals surface area contributed by atoms with Crippen molar-refractivity contribution in [3.05, 3.63) is 76.2 Å².